The predicted molar refractivity (Wildman–Crippen MR) is 76.1 cm³/mol. The van der Waals surface area contributed by atoms with Crippen LogP contribution in [0.15, 0.2) is 23.2 Å². The Balaban J connectivity index is 0.00000196. The van der Waals surface area contributed by atoms with Crippen molar-refractivity contribution in [1.29, 1.82) is 0 Å². The highest BCUT2D eigenvalue weighted by molar-refractivity contribution is 14.0. The summed E-state index contributed by atoms with van der Waals surface area (Å²) >= 11 is 11.7. The van der Waals surface area contributed by atoms with Gasteiger partial charge in [-0.3, -0.25) is 0 Å². The first kappa shape index (κ1) is 14.8. The molecule has 6 heteroatoms. The Morgan fingerprint density at radius 2 is 1.93 bits per heavy atom. The Morgan fingerprint density at radius 1 is 1.33 bits per heavy atom. The van der Waals surface area contributed by atoms with E-state index in [0.29, 0.717) is 10.0 Å². The monoisotopic (exact) mass is 359 g/mol. The number of nitrogens with zero attached hydrogens (tertiary/aromatic N) is 1. The molecule has 0 aliphatic carbocycles. The summed E-state index contributed by atoms with van der Waals surface area (Å²) in [6.07, 6.45) is 0. The molecule has 3 nitrogen and oxygen atoms in total. The summed E-state index contributed by atoms with van der Waals surface area (Å²) in [5.41, 5.74) is 11.4. The molecule has 15 heavy (non-hydrogen) atoms. The molecule has 0 fully saturated rings. The van der Waals surface area contributed by atoms with Crippen molar-refractivity contribution in [2.75, 3.05) is 0 Å². The summed E-state index contributed by atoms with van der Waals surface area (Å²) in [5.74, 6) is 0.0449. The van der Waals surface area contributed by atoms with E-state index in [1.165, 1.54) is 0 Å². The van der Waals surface area contributed by atoms with Crippen LogP contribution in [0.4, 0.5) is 0 Å². The van der Waals surface area contributed by atoms with Crippen molar-refractivity contribution in [2.45, 2.75) is 13.0 Å². The van der Waals surface area contributed by atoms with Gasteiger partial charge in [-0.05, 0) is 24.6 Å². The molecule has 4 N–H and O–H groups in total. The molecule has 0 saturated heterocycles. The van der Waals surface area contributed by atoms with Gasteiger partial charge < -0.3 is 11.5 Å². The number of nitrogens with two attached hydrogens (primary N) is 2. The van der Waals surface area contributed by atoms with Gasteiger partial charge in [0, 0.05) is 10.0 Å². The summed E-state index contributed by atoms with van der Waals surface area (Å²) in [4.78, 5) is 3.98. The highest BCUT2D eigenvalue weighted by atomic mass is 127. The number of halogens is 3. The van der Waals surface area contributed by atoms with Gasteiger partial charge >= 0.3 is 0 Å². The van der Waals surface area contributed by atoms with Crippen molar-refractivity contribution in [1.82, 2.24) is 0 Å². The van der Waals surface area contributed by atoms with Gasteiger partial charge in [-0.25, -0.2) is 4.99 Å². The maximum absolute atomic E-state index is 5.97. The maximum atomic E-state index is 5.97. The molecule has 0 amide bonds. The van der Waals surface area contributed by atoms with Crippen molar-refractivity contribution < 1.29 is 0 Å². The first-order valence-electron chi connectivity index (χ1n) is 4.04. The number of hydrogen-bond acceptors (Lipinski definition) is 1. The maximum Gasteiger partial charge on any atom is 0.186 e. The van der Waals surface area contributed by atoms with Crippen LogP contribution in [0.25, 0.3) is 0 Å². The van der Waals surface area contributed by atoms with Crippen molar-refractivity contribution in [3.63, 3.8) is 0 Å². The average Bonchev–Trinajstić information content (AvgIpc) is 2.01. The van der Waals surface area contributed by atoms with Crippen LogP contribution in [0.5, 0.6) is 0 Å². The second kappa shape index (κ2) is 6.40. The molecule has 0 aliphatic heterocycles. The van der Waals surface area contributed by atoms with E-state index in [-0.39, 0.29) is 36.0 Å². The second-order valence-corrected chi connectivity index (χ2v) is 3.74. The van der Waals surface area contributed by atoms with Crippen LogP contribution in [0.1, 0.15) is 18.5 Å². The minimum absolute atomic E-state index is 0. The van der Waals surface area contributed by atoms with Crippen LogP contribution in [-0.2, 0) is 0 Å². The third-order valence-electron chi connectivity index (χ3n) is 1.76. The molecule has 0 bridgehead atoms. The lowest BCUT2D eigenvalue weighted by Gasteiger charge is -2.09. The van der Waals surface area contributed by atoms with E-state index in [1.54, 1.807) is 12.1 Å². The lowest BCUT2D eigenvalue weighted by atomic mass is 10.1. The number of benzene rings is 1. The van der Waals surface area contributed by atoms with E-state index in [0.717, 1.165) is 5.56 Å². The van der Waals surface area contributed by atoms with E-state index < -0.39 is 0 Å². The summed E-state index contributed by atoms with van der Waals surface area (Å²) in [7, 11) is 0. The average molecular weight is 360 g/mol. The zero-order valence-corrected chi connectivity index (χ0v) is 11.9. The third kappa shape index (κ3) is 4.44. The van der Waals surface area contributed by atoms with Gasteiger partial charge in [0.2, 0.25) is 0 Å². The third-order valence-corrected chi connectivity index (χ3v) is 2.32. The van der Waals surface area contributed by atoms with Gasteiger partial charge in [0.25, 0.3) is 0 Å². The summed E-state index contributed by atoms with van der Waals surface area (Å²) in [6.45, 7) is 1.86. The van der Waals surface area contributed by atoms with E-state index in [4.69, 9.17) is 34.7 Å². The summed E-state index contributed by atoms with van der Waals surface area (Å²) < 4.78 is 0. The Hall–Kier alpha value is -0.200. The molecule has 84 valence electrons. The molecule has 0 aromatic heterocycles. The number of hydrogen-bond donors (Lipinski definition) is 2. The normalized spacial score (nSPS) is 11.4. The Kier molecular flexibility index (Phi) is 6.31. The quantitative estimate of drug-likeness (QED) is 0.484. The first-order chi connectivity index (χ1) is 6.50. The molecule has 0 radical (unpaired) electrons. The fourth-order valence-corrected chi connectivity index (χ4v) is 1.70. The van der Waals surface area contributed by atoms with Crippen LogP contribution in [-0.4, -0.2) is 5.96 Å². The SMILES string of the molecule is CC(N=C(N)N)c1ccc(Cl)cc1Cl.I. The Bertz CT molecular complexity index is 364. The van der Waals surface area contributed by atoms with Gasteiger partial charge in [0.15, 0.2) is 5.96 Å². The highest BCUT2D eigenvalue weighted by Gasteiger charge is 2.08. The number of rotatable bonds is 2. The van der Waals surface area contributed by atoms with Crippen molar-refractivity contribution in [3.8, 4) is 0 Å². The van der Waals surface area contributed by atoms with E-state index in [2.05, 4.69) is 4.99 Å². The predicted octanol–water partition coefficient (Wildman–Crippen LogP) is 2.95. The van der Waals surface area contributed by atoms with Crippen molar-refractivity contribution in [3.05, 3.63) is 33.8 Å². The summed E-state index contributed by atoms with van der Waals surface area (Å²) in [6, 6.07) is 5.06. The Labute approximate surface area is 116 Å². The van der Waals surface area contributed by atoms with E-state index >= 15 is 0 Å². The van der Waals surface area contributed by atoms with Gasteiger partial charge in [-0.15, -0.1) is 24.0 Å². The van der Waals surface area contributed by atoms with E-state index in [1.807, 2.05) is 13.0 Å². The lowest BCUT2D eigenvalue weighted by Crippen LogP contribution is -2.23. The van der Waals surface area contributed by atoms with E-state index in [9.17, 15) is 0 Å². The molecule has 1 atom stereocenters. The minimum atomic E-state index is -0.162. The highest BCUT2D eigenvalue weighted by Crippen LogP contribution is 2.27. The van der Waals surface area contributed by atoms with Crippen LogP contribution in [0, 0.1) is 0 Å². The summed E-state index contributed by atoms with van der Waals surface area (Å²) in [5, 5.41) is 1.16. The van der Waals surface area contributed by atoms with Crippen molar-refractivity contribution >= 4 is 53.1 Å². The fourth-order valence-electron chi connectivity index (χ4n) is 1.13. The van der Waals surface area contributed by atoms with Gasteiger partial charge in [0.1, 0.15) is 0 Å². The molecule has 0 heterocycles. The standard InChI is InChI=1S/C9H11Cl2N3.HI/c1-5(14-9(12)13)7-3-2-6(10)4-8(7)11;/h2-5H,1H3,(H4,12,13,14);1H. The molecular weight excluding hydrogens is 348 g/mol. The molecule has 1 rings (SSSR count). The second-order valence-electron chi connectivity index (χ2n) is 2.90. The largest absolute Gasteiger partial charge is 0.370 e. The van der Waals surface area contributed by atoms with Crippen LogP contribution < -0.4 is 11.5 Å². The first-order valence-corrected chi connectivity index (χ1v) is 4.80. The van der Waals surface area contributed by atoms with Gasteiger partial charge in [-0.2, -0.15) is 0 Å². The minimum Gasteiger partial charge on any atom is -0.370 e. The molecule has 1 aromatic carbocycles. The van der Waals surface area contributed by atoms with Gasteiger partial charge in [-0.1, -0.05) is 29.3 Å². The molecule has 0 aliphatic rings. The zero-order valence-electron chi connectivity index (χ0n) is 8.08. The van der Waals surface area contributed by atoms with Crippen LogP contribution in [0.2, 0.25) is 10.0 Å². The van der Waals surface area contributed by atoms with Crippen LogP contribution in [0.3, 0.4) is 0 Å². The molecular formula is C9H12Cl2IN3. The fraction of sp³-hybridized carbons (Fsp3) is 0.222. The number of guanidine groups is 1. The van der Waals surface area contributed by atoms with Gasteiger partial charge in [0.05, 0.1) is 6.04 Å². The molecule has 1 unspecified atom stereocenters. The lowest BCUT2D eigenvalue weighted by molar-refractivity contribution is 0.816. The van der Waals surface area contributed by atoms with Crippen molar-refractivity contribution in [2.24, 2.45) is 16.5 Å². The Morgan fingerprint density at radius 3 is 2.40 bits per heavy atom. The zero-order chi connectivity index (χ0) is 10.7. The van der Waals surface area contributed by atoms with Crippen LogP contribution >= 0.6 is 47.2 Å². The molecule has 0 saturated carbocycles. The number of aliphatic imine (C=N–C) groups is 1. The smallest absolute Gasteiger partial charge is 0.186 e. The topological polar surface area (TPSA) is 64.4 Å². The molecule has 1 aromatic rings. The molecule has 0 spiro atoms.